The molecule has 1 aliphatic rings. The molecule has 0 spiro atoms. The Balaban J connectivity index is 1.73. The van der Waals surface area contributed by atoms with E-state index in [-0.39, 0.29) is 22.9 Å². The van der Waals surface area contributed by atoms with Crippen molar-refractivity contribution >= 4 is 16.7 Å². The zero-order valence-electron chi connectivity index (χ0n) is 16.9. The minimum absolute atomic E-state index is 0.0676. The van der Waals surface area contributed by atoms with Crippen molar-refractivity contribution in [1.29, 1.82) is 10.5 Å². The molecule has 3 aromatic heterocycles. The largest absolute Gasteiger partial charge is 0.366 e. The van der Waals surface area contributed by atoms with Gasteiger partial charge in [-0.05, 0) is 31.2 Å². The summed E-state index contributed by atoms with van der Waals surface area (Å²) in [6.07, 6.45) is 1.79. The first-order valence-electron chi connectivity index (χ1n) is 9.76. The monoisotopic (exact) mass is 399 g/mol. The third-order valence-corrected chi connectivity index (χ3v) is 5.61. The van der Waals surface area contributed by atoms with Crippen molar-refractivity contribution in [3.05, 3.63) is 63.8 Å². The van der Waals surface area contributed by atoms with E-state index in [0.29, 0.717) is 29.8 Å². The van der Waals surface area contributed by atoms with E-state index in [0.717, 1.165) is 18.8 Å². The standard InChI is InChI=1S/C22H21N7O/c1-15-13-29(10-9-28(15)14-17-5-3-4-8-25-17)21-18(12-24)22(30)27(2)19-7-6-16(11-23)26-20(19)21/h3-8,15H,9-10,13-14H2,1-2H3/t15-/m1/s1. The number of nitrogens with zero attached hydrogens (tertiary/aromatic N) is 7. The van der Waals surface area contributed by atoms with Crippen LogP contribution in [0.25, 0.3) is 11.0 Å². The predicted octanol–water partition coefficient (Wildman–Crippen LogP) is 1.78. The molecule has 1 aliphatic heterocycles. The van der Waals surface area contributed by atoms with Gasteiger partial charge in [0.05, 0.1) is 16.9 Å². The third kappa shape index (κ3) is 3.38. The van der Waals surface area contributed by atoms with Crippen LogP contribution >= 0.6 is 0 Å². The number of rotatable bonds is 3. The van der Waals surface area contributed by atoms with Gasteiger partial charge in [-0.3, -0.25) is 14.7 Å². The first kappa shape index (κ1) is 19.6. The van der Waals surface area contributed by atoms with E-state index in [1.54, 1.807) is 25.4 Å². The van der Waals surface area contributed by atoms with Crippen LogP contribution in [0.2, 0.25) is 0 Å². The number of piperazine rings is 1. The van der Waals surface area contributed by atoms with Crippen molar-refractivity contribution in [3.63, 3.8) is 0 Å². The van der Waals surface area contributed by atoms with E-state index in [2.05, 4.69) is 32.8 Å². The number of nitriles is 2. The van der Waals surface area contributed by atoms with Crippen molar-refractivity contribution in [1.82, 2.24) is 19.4 Å². The highest BCUT2D eigenvalue weighted by atomic mass is 16.1. The summed E-state index contributed by atoms with van der Waals surface area (Å²) in [4.78, 5) is 26.1. The zero-order valence-corrected chi connectivity index (χ0v) is 16.9. The van der Waals surface area contributed by atoms with E-state index >= 15 is 0 Å². The van der Waals surface area contributed by atoms with E-state index in [4.69, 9.17) is 0 Å². The SMILES string of the molecule is C[C@@H]1CN(c2c(C#N)c(=O)n(C)c3ccc(C#N)nc23)CCN1Cc1ccccn1. The molecule has 8 heteroatoms. The van der Waals surface area contributed by atoms with Crippen molar-refractivity contribution in [2.24, 2.45) is 7.05 Å². The minimum atomic E-state index is -0.352. The molecule has 1 atom stereocenters. The Morgan fingerprint density at radius 1 is 1.17 bits per heavy atom. The van der Waals surface area contributed by atoms with Crippen molar-refractivity contribution in [2.45, 2.75) is 19.5 Å². The van der Waals surface area contributed by atoms with Gasteiger partial charge in [-0.2, -0.15) is 10.5 Å². The summed E-state index contributed by atoms with van der Waals surface area (Å²) in [5.41, 5.74) is 2.63. The molecule has 0 aliphatic carbocycles. The Labute approximate surface area is 174 Å². The highest BCUT2D eigenvalue weighted by Crippen LogP contribution is 2.29. The third-order valence-electron chi connectivity index (χ3n) is 5.61. The van der Waals surface area contributed by atoms with Gasteiger partial charge in [-0.25, -0.2) is 4.98 Å². The first-order chi connectivity index (χ1) is 14.5. The van der Waals surface area contributed by atoms with Crippen molar-refractivity contribution in [3.8, 4) is 12.1 Å². The van der Waals surface area contributed by atoms with Crippen LogP contribution in [0.1, 0.15) is 23.9 Å². The van der Waals surface area contributed by atoms with Crippen LogP contribution in [0.15, 0.2) is 41.3 Å². The van der Waals surface area contributed by atoms with Gasteiger partial charge >= 0.3 is 0 Å². The van der Waals surface area contributed by atoms with Crippen LogP contribution in [-0.4, -0.2) is 45.1 Å². The van der Waals surface area contributed by atoms with Gasteiger partial charge < -0.3 is 9.47 Å². The van der Waals surface area contributed by atoms with E-state index in [1.165, 1.54) is 4.57 Å². The molecule has 0 unspecified atom stereocenters. The van der Waals surface area contributed by atoms with Crippen molar-refractivity contribution < 1.29 is 0 Å². The molecule has 0 bridgehead atoms. The average Bonchev–Trinajstić information content (AvgIpc) is 2.77. The maximum Gasteiger partial charge on any atom is 0.270 e. The molecule has 8 nitrogen and oxygen atoms in total. The summed E-state index contributed by atoms with van der Waals surface area (Å²) >= 11 is 0. The van der Waals surface area contributed by atoms with Crippen LogP contribution < -0.4 is 10.5 Å². The fourth-order valence-electron chi connectivity index (χ4n) is 4.00. The number of anilines is 1. The topological polar surface area (TPSA) is 102 Å². The van der Waals surface area contributed by atoms with Crippen LogP contribution in [0, 0.1) is 22.7 Å². The summed E-state index contributed by atoms with van der Waals surface area (Å²) in [5, 5.41) is 19.0. The quantitative estimate of drug-likeness (QED) is 0.661. The average molecular weight is 399 g/mol. The van der Waals surface area contributed by atoms with Crippen LogP contribution in [0.3, 0.4) is 0 Å². The van der Waals surface area contributed by atoms with Crippen LogP contribution in [0.5, 0.6) is 0 Å². The lowest BCUT2D eigenvalue weighted by Gasteiger charge is -2.41. The normalized spacial score (nSPS) is 16.9. The zero-order chi connectivity index (χ0) is 21.3. The fourth-order valence-corrected chi connectivity index (χ4v) is 4.00. The van der Waals surface area contributed by atoms with Crippen LogP contribution in [0.4, 0.5) is 5.69 Å². The highest BCUT2D eigenvalue weighted by molar-refractivity contribution is 5.92. The second-order valence-electron chi connectivity index (χ2n) is 7.46. The lowest BCUT2D eigenvalue weighted by atomic mass is 10.1. The van der Waals surface area contributed by atoms with E-state index in [9.17, 15) is 15.3 Å². The van der Waals surface area contributed by atoms with Gasteiger partial charge in [-0.15, -0.1) is 0 Å². The molecule has 1 saturated heterocycles. The molecule has 0 N–H and O–H groups in total. The molecule has 0 saturated carbocycles. The lowest BCUT2D eigenvalue weighted by Crippen LogP contribution is -2.52. The Morgan fingerprint density at radius 3 is 2.67 bits per heavy atom. The number of hydrogen-bond donors (Lipinski definition) is 0. The predicted molar refractivity (Wildman–Crippen MR) is 113 cm³/mol. The van der Waals surface area contributed by atoms with E-state index in [1.807, 2.05) is 24.3 Å². The molecule has 4 heterocycles. The van der Waals surface area contributed by atoms with Gasteiger partial charge in [-0.1, -0.05) is 6.07 Å². The van der Waals surface area contributed by atoms with Gasteiger partial charge in [0.25, 0.3) is 5.56 Å². The number of hydrogen-bond acceptors (Lipinski definition) is 7. The molecule has 1 fully saturated rings. The Bertz CT molecular complexity index is 1240. The molecular weight excluding hydrogens is 378 g/mol. The minimum Gasteiger partial charge on any atom is -0.366 e. The number of aromatic nitrogens is 3. The lowest BCUT2D eigenvalue weighted by molar-refractivity contribution is 0.179. The highest BCUT2D eigenvalue weighted by Gasteiger charge is 2.29. The number of pyridine rings is 3. The molecule has 4 rings (SSSR count). The van der Waals surface area contributed by atoms with Gasteiger partial charge in [0, 0.05) is 45.5 Å². The first-order valence-corrected chi connectivity index (χ1v) is 9.76. The summed E-state index contributed by atoms with van der Waals surface area (Å²) < 4.78 is 1.42. The number of fused-ring (bicyclic) bond motifs is 1. The molecular formula is C22H21N7O. The summed E-state index contributed by atoms with van der Waals surface area (Å²) in [6, 6.07) is 13.5. The van der Waals surface area contributed by atoms with Crippen LogP contribution in [-0.2, 0) is 13.6 Å². The molecule has 0 aromatic carbocycles. The molecule has 30 heavy (non-hydrogen) atoms. The Morgan fingerprint density at radius 2 is 2.00 bits per heavy atom. The van der Waals surface area contributed by atoms with Gasteiger partial charge in [0.1, 0.15) is 28.9 Å². The molecule has 150 valence electrons. The summed E-state index contributed by atoms with van der Waals surface area (Å²) in [5.74, 6) is 0. The summed E-state index contributed by atoms with van der Waals surface area (Å²) in [7, 11) is 1.62. The maximum absolute atomic E-state index is 12.8. The molecule has 0 amide bonds. The second kappa shape index (κ2) is 7.94. The van der Waals surface area contributed by atoms with Gasteiger partial charge in [0.15, 0.2) is 0 Å². The Hall–Kier alpha value is -3.75. The smallest absolute Gasteiger partial charge is 0.270 e. The molecule has 0 radical (unpaired) electrons. The fraction of sp³-hybridized carbons (Fsp3) is 0.318. The maximum atomic E-state index is 12.8. The van der Waals surface area contributed by atoms with E-state index < -0.39 is 0 Å². The molecule has 3 aromatic rings. The second-order valence-corrected chi connectivity index (χ2v) is 7.46. The van der Waals surface area contributed by atoms with Gasteiger partial charge in [0.2, 0.25) is 0 Å². The van der Waals surface area contributed by atoms with Crippen molar-refractivity contribution in [2.75, 3.05) is 24.5 Å². The Kier molecular flexibility index (Phi) is 5.18. The summed E-state index contributed by atoms with van der Waals surface area (Å²) in [6.45, 7) is 4.92. The number of aryl methyl sites for hydroxylation is 1.